The maximum absolute atomic E-state index is 11.6. The number of urea groups is 1. The maximum atomic E-state index is 11.6. The fourth-order valence-corrected chi connectivity index (χ4v) is 1.51. The van der Waals surface area contributed by atoms with Crippen LogP contribution in [0.4, 0.5) is 4.79 Å². The highest BCUT2D eigenvalue weighted by molar-refractivity contribution is 5.78. The molecule has 0 spiro atoms. The molecule has 3 N–H and O–H groups in total. The minimum atomic E-state index is -0.936. The molecule has 0 aromatic heterocycles. The van der Waals surface area contributed by atoms with Crippen LogP contribution < -0.4 is 10.6 Å². The molecule has 1 aliphatic rings. The van der Waals surface area contributed by atoms with Crippen LogP contribution in [0.1, 0.15) is 19.3 Å². The standard InChI is InChI=1S/C10H17N3O4/c1-13(5-4-9(15)16)10(17)12-7-2-3-8(14)11-6-7/h7H,2-6H2,1H3,(H,11,14)(H,12,17)(H,15,16). The number of carboxylic acids is 1. The molecule has 0 radical (unpaired) electrons. The van der Waals surface area contributed by atoms with Crippen LogP contribution in [0.5, 0.6) is 0 Å². The van der Waals surface area contributed by atoms with Gasteiger partial charge in [0.1, 0.15) is 0 Å². The van der Waals surface area contributed by atoms with Crippen LogP contribution in [0.3, 0.4) is 0 Å². The van der Waals surface area contributed by atoms with Crippen molar-refractivity contribution in [1.82, 2.24) is 15.5 Å². The fourth-order valence-electron chi connectivity index (χ4n) is 1.51. The van der Waals surface area contributed by atoms with Gasteiger partial charge in [-0.3, -0.25) is 9.59 Å². The van der Waals surface area contributed by atoms with E-state index in [1.807, 2.05) is 0 Å². The SMILES string of the molecule is CN(CCC(=O)O)C(=O)NC1CCC(=O)NC1. The molecule has 96 valence electrons. The molecule has 1 atom stereocenters. The van der Waals surface area contributed by atoms with Crippen LogP contribution in [0.25, 0.3) is 0 Å². The van der Waals surface area contributed by atoms with Crippen LogP contribution in [-0.4, -0.2) is 54.1 Å². The lowest BCUT2D eigenvalue weighted by atomic mass is 10.1. The fraction of sp³-hybridized carbons (Fsp3) is 0.700. The van der Waals surface area contributed by atoms with Crippen molar-refractivity contribution in [3.05, 3.63) is 0 Å². The largest absolute Gasteiger partial charge is 0.481 e. The molecule has 7 heteroatoms. The van der Waals surface area contributed by atoms with Gasteiger partial charge in [0.05, 0.1) is 6.42 Å². The Morgan fingerprint density at radius 2 is 2.29 bits per heavy atom. The second kappa shape index (κ2) is 6.07. The number of aliphatic carboxylic acids is 1. The van der Waals surface area contributed by atoms with Crippen molar-refractivity contribution in [1.29, 1.82) is 0 Å². The van der Waals surface area contributed by atoms with E-state index in [1.54, 1.807) is 7.05 Å². The second-order valence-corrected chi connectivity index (χ2v) is 4.05. The number of hydrogen-bond acceptors (Lipinski definition) is 3. The number of nitrogens with one attached hydrogen (secondary N) is 2. The third-order valence-electron chi connectivity index (χ3n) is 2.60. The number of hydrogen-bond donors (Lipinski definition) is 3. The van der Waals surface area contributed by atoms with Gasteiger partial charge in [-0.15, -0.1) is 0 Å². The van der Waals surface area contributed by atoms with Crippen LogP contribution in [0.15, 0.2) is 0 Å². The molecule has 1 aliphatic heterocycles. The van der Waals surface area contributed by atoms with Gasteiger partial charge in [-0.25, -0.2) is 4.79 Å². The summed E-state index contributed by atoms with van der Waals surface area (Å²) in [6.07, 6.45) is 0.944. The maximum Gasteiger partial charge on any atom is 0.317 e. The second-order valence-electron chi connectivity index (χ2n) is 4.05. The lowest BCUT2D eigenvalue weighted by Crippen LogP contribution is -2.51. The first-order chi connectivity index (χ1) is 7.99. The third kappa shape index (κ3) is 4.71. The van der Waals surface area contributed by atoms with Crippen molar-refractivity contribution in [2.75, 3.05) is 20.1 Å². The summed E-state index contributed by atoms with van der Waals surface area (Å²) in [5, 5.41) is 13.9. The van der Waals surface area contributed by atoms with E-state index in [9.17, 15) is 14.4 Å². The molecule has 1 heterocycles. The molecular weight excluding hydrogens is 226 g/mol. The van der Waals surface area contributed by atoms with Gasteiger partial charge in [0.2, 0.25) is 5.91 Å². The molecule has 0 aromatic rings. The molecule has 7 nitrogen and oxygen atoms in total. The average Bonchev–Trinajstić information content (AvgIpc) is 2.28. The Balaban J connectivity index is 2.28. The van der Waals surface area contributed by atoms with E-state index in [0.29, 0.717) is 19.4 Å². The molecule has 17 heavy (non-hydrogen) atoms. The van der Waals surface area contributed by atoms with Crippen molar-refractivity contribution < 1.29 is 19.5 Å². The Kier molecular flexibility index (Phi) is 4.74. The summed E-state index contributed by atoms with van der Waals surface area (Å²) in [4.78, 5) is 34.2. The van der Waals surface area contributed by atoms with Crippen molar-refractivity contribution >= 4 is 17.9 Å². The van der Waals surface area contributed by atoms with Crippen molar-refractivity contribution in [2.24, 2.45) is 0 Å². The number of amides is 3. The zero-order valence-corrected chi connectivity index (χ0v) is 9.73. The lowest BCUT2D eigenvalue weighted by molar-refractivity contribution is -0.137. The minimum absolute atomic E-state index is 0.00488. The van der Waals surface area contributed by atoms with Crippen LogP contribution >= 0.6 is 0 Å². The number of nitrogens with zero attached hydrogens (tertiary/aromatic N) is 1. The van der Waals surface area contributed by atoms with Crippen molar-refractivity contribution in [2.45, 2.75) is 25.3 Å². The van der Waals surface area contributed by atoms with Gasteiger partial charge in [-0.1, -0.05) is 0 Å². The molecule has 0 aromatic carbocycles. The summed E-state index contributed by atoms with van der Waals surface area (Å²) in [6.45, 7) is 0.595. The van der Waals surface area contributed by atoms with Gasteiger partial charge in [0.15, 0.2) is 0 Å². The normalized spacial score (nSPS) is 19.4. The summed E-state index contributed by atoms with van der Waals surface area (Å²) in [5.41, 5.74) is 0. The Morgan fingerprint density at radius 1 is 1.59 bits per heavy atom. The highest BCUT2D eigenvalue weighted by Crippen LogP contribution is 2.03. The molecule has 1 fully saturated rings. The first-order valence-electron chi connectivity index (χ1n) is 5.49. The zero-order valence-electron chi connectivity index (χ0n) is 9.73. The summed E-state index contributed by atoms with van der Waals surface area (Å²) < 4.78 is 0. The van der Waals surface area contributed by atoms with Crippen molar-refractivity contribution in [3.8, 4) is 0 Å². The molecular formula is C10H17N3O4. The number of carbonyl (C=O) groups is 3. The van der Waals surface area contributed by atoms with E-state index < -0.39 is 5.97 Å². The zero-order chi connectivity index (χ0) is 12.8. The highest BCUT2D eigenvalue weighted by Gasteiger charge is 2.21. The average molecular weight is 243 g/mol. The number of rotatable bonds is 4. The Hall–Kier alpha value is -1.79. The summed E-state index contributed by atoms with van der Waals surface area (Å²) in [5.74, 6) is -0.940. The predicted molar refractivity (Wildman–Crippen MR) is 59.4 cm³/mol. The lowest BCUT2D eigenvalue weighted by Gasteiger charge is -2.26. The summed E-state index contributed by atoms with van der Waals surface area (Å²) in [6, 6.07) is -0.389. The van der Waals surface area contributed by atoms with Gasteiger partial charge in [0, 0.05) is 32.6 Å². The van der Waals surface area contributed by atoms with Crippen molar-refractivity contribution in [3.63, 3.8) is 0 Å². The van der Waals surface area contributed by atoms with Crippen LogP contribution in [0.2, 0.25) is 0 Å². The van der Waals surface area contributed by atoms with Gasteiger partial charge in [-0.05, 0) is 6.42 Å². The molecule has 0 saturated carbocycles. The van der Waals surface area contributed by atoms with Gasteiger partial charge in [-0.2, -0.15) is 0 Å². The molecule has 1 unspecified atom stereocenters. The van der Waals surface area contributed by atoms with E-state index in [2.05, 4.69) is 10.6 Å². The molecule has 3 amide bonds. The van der Waals surface area contributed by atoms with E-state index in [0.717, 1.165) is 0 Å². The monoisotopic (exact) mass is 243 g/mol. The number of carboxylic acid groups (broad SMARTS) is 1. The summed E-state index contributed by atoms with van der Waals surface area (Å²) >= 11 is 0. The molecule has 1 rings (SSSR count). The van der Waals surface area contributed by atoms with Crippen LogP contribution in [0, 0.1) is 0 Å². The van der Waals surface area contributed by atoms with E-state index in [1.165, 1.54) is 4.90 Å². The Morgan fingerprint density at radius 3 is 2.82 bits per heavy atom. The minimum Gasteiger partial charge on any atom is -0.481 e. The van der Waals surface area contributed by atoms with Gasteiger partial charge < -0.3 is 20.6 Å². The molecule has 1 saturated heterocycles. The van der Waals surface area contributed by atoms with E-state index in [4.69, 9.17) is 5.11 Å². The highest BCUT2D eigenvalue weighted by atomic mass is 16.4. The van der Waals surface area contributed by atoms with E-state index >= 15 is 0 Å². The smallest absolute Gasteiger partial charge is 0.317 e. The number of piperidine rings is 1. The molecule has 0 bridgehead atoms. The van der Waals surface area contributed by atoms with Gasteiger partial charge >= 0.3 is 12.0 Å². The Bertz CT molecular complexity index is 309. The topological polar surface area (TPSA) is 98.7 Å². The Labute approximate surface area is 99.2 Å². The van der Waals surface area contributed by atoms with Gasteiger partial charge in [0.25, 0.3) is 0 Å². The quantitative estimate of drug-likeness (QED) is 0.613. The molecule has 0 aliphatic carbocycles. The first-order valence-corrected chi connectivity index (χ1v) is 5.49. The third-order valence-corrected chi connectivity index (χ3v) is 2.60. The predicted octanol–water partition coefficient (Wildman–Crippen LogP) is -0.619. The number of carbonyl (C=O) groups excluding carboxylic acids is 2. The summed E-state index contributed by atoms with van der Waals surface area (Å²) in [7, 11) is 1.54. The van der Waals surface area contributed by atoms with E-state index in [-0.39, 0.29) is 30.9 Å². The first kappa shape index (κ1) is 13.3. The van der Waals surface area contributed by atoms with Crippen LogP contribution in [-0.2, 0) is 9.59 Å².